The van der Waals surface area contributed by atoms with Gasteiger partial charge in [-0.3, -0.25) is 14.5 Å². The average Bonchev–Trinajstić information content (AvgIpc) is 3.61. The Hall–Kier alpha value is -3.36. The molecule has 37 heavy (non-hydrogen) atoms. The van der Waals surface area contributed by atoms with Crippen LogP contribution in [0.4, 0.5) is 0 Å². The number of nitrogens with zero attached hydrogens (tertiary/aromatic N) is 3. The summed E-state index contributed by atoms with van der Waals surface area (Å²) in [6.45, 7) is 7.32. The number of carbonyl (C=O) groups is 2. The van der Waals surface area contributed by atoms with Crippen LogP contribution in [0, 0.1) is 6.92 Å². The van der Waals surface area contributed by atoms with E-state index in [2.05, 4.69) is 47.5 Å². The summed E-state index contributed by atoms with van der Waals surface area (Å²) in [7, 11) is 0. The van der Waals surface area contributed by atoms with Crippen molar-refractivity contribution in [1.82, 2.24) is 14.7 Å². The van der Waals surface area contributed by atoms with Crippen molar-refractivity contribution in [3.8, 4) is 11.5 Å². The topological polar surface area (TPSA) is 62.3 Å². The molecular formula is C29H31N3O4S. The van der Waals surface area contributed by atoms with Crippen molar-refractivity contribution in [3.63, 3.8) is 0 Å². The molecule has 192 valence electrons. The highest BCUT2D eigenvalue weighted by atomic mass is 32.1. The number of hydrogen-bond donors (Lipinski definition) is 0. The second-order valence-corrected chi connectivity index (χ2v) is 10.9. The maximum Gasteiger partial charge on any atom is 0.254 e. The van der Waals surface area contributed by atoms with Crippen LogP contribution in [-0.2, 0) is 11.2 Å². The summed E-state index contributed by atoms with van der Waals surface area (Å²) >= 11 is 1.81. The van der Waals surface area contributed by atoms with E-state index in [1.165, 1.54) is 21.6 Å². The third-order valence-corrected chi connectivity index (χ3v) is 8.84. The van der Waals surface area contributed by atoms with Gasteiger partial charge in [-0.05, 0) is 66.6 Å². The third kappa shape index (κ3) is 4.38. The molecule has 3 aliphatic rings. The van der Waals surface area contributed by atoms with Gasteiger partial charge in [0.05, 0.1) is 12.1 Å². The maximum absolute atomic E-state index is 13.7. The SMILES string of the molecule is Cc1ccccc1[C@H]1c2ccsc2CCN1[C@@H](C)C(=O)N1CCN(C(=O)c2ccc3c(c2)OCO3)CC1. The molecule has 7 nitrogen and oxygen atoms in total. The van der Waals surface area contributed by atoms with E-state index in [4.69, 9.17) is 9.47 Å². The summed E-state index contributed by atoms with van der Waals surface area (Å²) in [4.78, 5) is 34.4. The van der Waals surface area contributed by atoms with Crippen molar-refractivity contribution in [1.29, 1.82) is 0 Å². The number of carbonyl (C=O) groups excluding carboxylic acids is 2. The Kier molecular flexibility index (Phi) is 6.38. The zero-order valence-electron chi connectivity index (χ0n) is 21.2. The summed E-state index contributed by atoms with van der Waals surface area (Å²) in [6.07, 6.45) is 0.963. The van der Waals surface area contributed by atoms with Gasteiger partial charge in [0.15, 0.2) is 11.5 Å². The van der Waals surface area contributed by atoms with E-state index < -0.39 is 0 Å². The third-order valence-electron chi connectivity index (χ3n) is 7.84. The fourth-order valence-electron chi connectivity index (χ4n) is 5.74. The van der Waals surface area contributed by atoms with Crippen molar-refractivity contribution < 1.29 is 19.1 Å². The van der Waals surface area contributed by atoms with E-state index in [1.54, 1.807) is 18.2 Å². The Morgan fingerprint density at radius 3 is 2.49 bits per heavy atom. The van der Waals surface area contributed by atoms with Crippen molar-refractivity contribution >= 4 is 23.2 Å². The van der Waals surface area contributed by atoms with Gasteiger partial charge >= 0.3 is 0 Å². The first-order chi connectivity index (χ1) is 18.0. The molecule has 0 radical (unpaired) electrons. The summed E-state index contributed by atoms with van der Waals surface area (Å²) in [5.74, 6) is 1.36. The summed E-state index contributed by atoms with van der Waals surface area (Å²) < 4.78 is 10.8. The minimum atomic E-state index is -0.256. The van der Waals surface area contributed by atoms with E-state index >= 15 is 0 Å². The number of aryl methyl sites for hydroxylation is 1. The molecule has 0 saturated carbocycles. The molecule has 2 amide bonds. The van der Waals surface area contributed by atoms with Gasteiger partial charge in [-0.25, -0.2) is 0 Å². The predicted octanol–water partition coefficient (Wildman–Crippen LogP) is 4.11. The number of hydrogen-bond acceptors (Lipinski definition) is 6. The Morgan fingerprint density at radius 2 is 1.68 bits per heavy atom. The molecule has 0 bridgehead atoms. The Bertz CT molecular complexity index is 1330. The second-order valence-electron chi connectivity index (χ2n) is 9.91. The zero-order chi connectivity index (χ0) is 25.5. The Balaban J connectivity index is 1.15. The van der Waals surface area contributed by atoms with Gasteiger partial charge in [-0.15, -0.1) is 11.3 Å². The lowest BCUT2D eigenvalue weighted by atomic mass is 9.89. The average molecular weight is 518 g/mol. The molecule has 0 aliphatic carbocycles. The van der Waals surface area contributed by atoms with E-state index in [1.807, 2.05) is 28.1 Å². The van der Waals surface area contributed by atoms with Crippen molar-refractivity contribution in [2.75, 3.05) is 39.5 Å². The summed E-state index contributed by atoms with van der Waals surface area (Å²) in [5.41, 5.74) is 4.41. The van der Waals surface area contributed by atoms with Crippen LogP contribution in [0.25, 0.3) is 0 Å². The Morgan fingerprint density at radius 1 is 0.919 bits per heavy atom. The van der Waals surface area contributed by atoms with Gasteiger partial charge in [-0.1, -0.05) is 24.3 Å². The minimum absolute atomic E-state index is 0.0425. The summed E-state index contributed by atoms with van der Waals surface area (Å²) in [5, 5.41) is 2.17. The lowest BCUT2D eigenvalue weighted by molar-refractivity contribution is -0.138. The van der Waals surface area contributed by atoms with Gasteiger partial charge in [0.2, 0.25) is 12.7 Å². The molecule has 6 rings (SSSR count). The number of fused-ring (bicyclic) bond motifs is 2. The molecule has 2 atom stereocenters. The summed E-state index contributed by atoms with van der Waals surface area (Å²) in [6, 6.07) is 15.8. The zero-order valence-corrected chi connectivity index (χ0v) is 22.0. The van der Waals surface area contributed by atoms with Crippen LogP contribution >= 0.6 is 11.3 Å². The number of piperazine rings is 1. The highest BCUT2D eigenvalue weighted by molar-refractivity contribution is 7.10. The minimum Gasteiger partial charge on any atom is -0.454 e. The fraction of sp³-hybridized carbons (Fsp3) is 0.379. The van der Waals surface area contributed by atoms with Crippen LogP contribution in [0.3, 0.4) is 0 Å². The predicted molar refractivity (Wildman–Crippen MR) is 142 cm³/mol. The number of rotatable bonds is 4. The first-order valence-corrected chi connectivity index (χ1v) is 13.7. The first kappa shape index (κ1) is 24.0. The molecule has 4 heterocycles. The van der Waals surface area contributed by atoms with Crippen LogP contribution in [0.2, 0.25) is 0 Å². The van der Waals surface area contributed by atoms with Crippen molar-refractivity contribution in [3.05, 3.63) is 81.0 Å². The van der Waals surface area contributed by atoms with Gasteiger partial charge in [0.25, 0.3) is 5.91 Å². The van der Waals surface area contributed by atoms with Crippen LogP contribution in [-0.4, -0.2) is 72.1 Å². The molecule has 1 fully saturated rings. The van der Waals surface area contributed by atoms with Gasteiger partial charge in [0.1, 0.15) is 0 Å². The van der Waals surface area contributed by atoms with Crippen LogP contribution < -0.4 is 9.47 Å². The molecular weight excluding hydrogens is 486 g/mol. The standard InChI is InChI=1S/C29H31N3O4S/c1-19-5-3-4-6-22(19)27-23-10-16-37-26(23)9-11-32(27)20(2)28(33)30-12-14-31(15-13-30)29(34)21-7-8-24-25(17-21)36-18-35-24/h3-8,10,16-17,20,27H,9,11-15,18H2,1-2H3/t20-,27-/m0/s1. The molecule has 3 aromatic rings. The van der Waals surface area contributed by atoms with E-state index in [0.29, 0.717) is 43.2 Å². The smallest absolute Gasteiger partial charge is 0.254 e. The first-order valence-electron chi connectivity index (χ1n) is 12.9. The number of ether oxygens (including phenoxy) is 2. The number of amides is 2. The molecule has 3 aliphatic heterocycles. The van der Waals surface area contributed by atoms with Crippen LogP contribution in [0.1, 0.15) is 44.9 Å². The van der Waals surface area contributed by atoms with Crippen LogP contribution in [0.15, 0.2) is 53.9 Å². The van der Waals surface area contributed by atoms with Crippen molar-refractivity contribution in [2.24, 2.45) is 0 Å². The maximum atomic E-state index is 13.7. The van der Waals surface area contributed by atoms with Gasteiger partial charge in [-0.2, -0.15) is 0 Å². The number of benzene rings is 2. The monoisotopic (exact) mass is 517 g/mol. The number of thiophene rings is 1. The Labute approximate surface area is 221 Å². The molecule has 0 spiro atoms. The molecule has 1 aromatic heterocycles. The van der Waals surface area contributed by atoms with Crippen LogP contribution in [0.5, 0.6) is 11.5 Å². The molecule has 8 heteroatoms. The largest absolute Gasteiger partial charge is 0.454 e. The van der Waals surface area contributed by atoms with E-state index in [-0.39, 0.29) is 30.7 Å². The lowest BCUT2D eigenvalue weighted by Crippen LogP contribution is -2.56. The quantitative estimate of drug-likeness (QED) is 0.521. The lowest BCUT2D eigenvalue weighted by Gasteiger charge is -2.43. The molecule has 0 unspecified atom stereocenters. The van der Waals surface area contributed by atoms with E-state index in [9.17, 15) is 9.59 Å². The second kappa shape index (κ2) is 9.84. The fourth-order valence-corrected chi connectivity index (χ4v) is 6.64. The van der Waals surface area contributed by atoms with Crippen molar-refractivity contribution in [2.45, 2.75) is 32.4 Å². The molecule has 2 aromatic carbocycles. The van der Waals surface area contributed by atoms with Gasteiger partial charge < -0.3 is 19.3 Å². The normalized spacial score (nSPS) is 20.0. The van der Waals surface area contributed by atoms with Gasteiger partial charge in [0, 0.05) is 43.2 Å². The van der Waals surface area contributed by atoms with E-state index in [0.717, 1.165) is 13.0 Å². The molecule has 1 saturated heterocycles. The highest BCUT2D eigenvalue weighted by Crippen LogP contribution is 2.40. The molecule has 0 N–H and O–H groups in total. The highest BCUT2D eigenvalue weighted by Gasteiger charge is 2.38.